The number of carbonyl (C=O) groups excluding carboxylic acids is 1. The zero-order valence-corrected chi connectivity index (χ0v) is 22.2. The molecule has 2 saturated heterocycles. The molecule has 202 valence electrons. The third-order valence-corrected chi connectivity index (χ3v) is 7.25. The van der Waals surface area contributed by atoms with Gasteiger partial charge in [-0.3, -0.25) is 14.0 Å². The Balaban J connectivity index is 1.45. The molecule has 1 N–H and O–H groups in total. The Labute approximate surface area is 227 Å². The summed E-state index contributed by atoms with van der Waals surface area (Å²) in [5.74, 6) is 0.749. The summed E-state index contributed by atoms with van der Waals surface area (Å²) in [6.07, 6.45) is 4.80. The van der Waals surface area contributed by atoms with E-state index in [0.717, 1.165) is 42.9 Å². The molecular formula is C29H32N6O4. The minimum Gasteiger partial charge on any atom is -0.497 e. The van der Waals surface area contributed by atoms with Crippen molar-refractivity contribution < 1.29 is 14.3 Å². The summed E-state index contributed by atoms with van der Waals surface area (Å²) in [5.41, 5.74) is 2.26. The van der Waals surface area contributed by atoms with Gasteiger partial charge in [0.15, 0.2) is 0 Å². The number of hydrogen-bond donors (Lipinski definition) is 1. The van der Waals surface area contributed by atoms with E-state index < -0.39 is 5.91 Å². The number of nitrogens with zero attached hydrogens (tertiary/aromatic N) is 5. The topological polar surface area (TPSA) is 112 Å². The van der Waals surface area contributed by atoms with Gasteiger partial charge >= 0.3 is 0 Å². The molecule has 39 heavy (non-hydrogen) atoms. The van der Waals surface area contributed by atoms with Crippen LogP contribution in [-0.2, 0) is 9.53 Å². The molecule has 2 aromatic heterocycles. The predicted octanol–water partition coefficient (Wildman–Crippen LogP) is 2.54. The number of carbonyl (C=O) groups is 1. The Morgan fingerprint density at radius 2 is 1.95 bits per heavy atom. The molecule has 10 nitrogen and oxygen atoms in total. The fraction of sp³-hybridized carbons (Fsp3) is 0.379. The molecule has 0 saturated carbocycles. The van der Waals surface area contributed by atoms with Crippen LogP contribution in [0.15, 0.2) is 53.0 Å². The molecule has 1 aromatic carbocycles. The minimum atomic E-state index is -0.531. The molecule has 1 unspecified atom stereocenters. The fourth-order valence-electron chi connectivity index (χ4n) is 5.04. The molecule has 4 heterocycles. The van der Waals surface area contributed by atoms with E-state index in [0.29, 0.717) is 37.7 Å². The van der Waals surface area contributed by atoms with Crippen molar-refractivity contribution in [2.24, 2.45) is 0 Å². The number of piperazine rings is 1. The molecule has 10 heteroatoms. The lowest BCUT2D eigenvalue weighted by Crippen LogP contribution is -2.47. The lowest BCUT2D eigenvalue weighted by atomic mass is 10.1. The van der Waals surface area contributed by atoms with Crippen LogP contribution in [0.1, 0.15) is 24.0 Å². The summed E-state index contributed by atoms with van der Waals surface area (Å²) >= 11 is 0. The molecule has 0 bridgehead atoms. The summed E-state index contributed by atoms with van der Waals surface area (Å²) in [6, 6.07) is 13.6. The van der Waals surface area contributed by atoms with E-state index in [-0.39, 0.29) is 22.8 Å². The molecule has 0 radical (unpaired) electrons. The van der Waals surface area contributed by atoms with Gasteiger partial charge in [-0.1, -0.05) is 6.07 Å². The van der Waals surface area contributed by atoms with Gasteiger partial charge in [-0.05, 0) is 61.7 Å². The first-order valence-corrected chi connectivity index (χ1v) is 13.2. The number of hydrogen-bond acceptors (Lipinski definition) is 8. The van der Waals surface area contributed by atoms with Gasteiger partial charge in [-0.15, -0.1) is 0 Å². The van der Waals surface area contributed by atoms with Crippen LogP contribution in [0.5, 0.6) is 5.75 Å². The van der Waals surface area contributed by atoms with E-state index in [4.69, 9.17) is 14.5 Å². The highest BCUT2D eigenvalue weighted by molar-refractivity contribution is 6.02. The first-order chi connectivity index (χ1) is 19.0. The number of anilines is 2. The summed E-state index contributed by atoms with van der Waals surface area (Å²) in [4.78, 5) is 35.8. The van der Waals surface area contributed by atoms with Crippen molar-refractivity contribution >= 4 is 29.1 Å². The van der Waals surface area contributed by atoms with E-state index in [1.807, 2.05) is 43.3 Å². The Kier molecular flexibility index (Phi) is 7.79. The van der Waals surface area contributed by atoms with Crippen LogP contribution in [0.25, 0.3) is 11.7 Å². The minimum absolute atomic E-state index is 0.0533. The molecule has 2 aliphatic rings. The third kappa shape index (κ3) is 5.59. The highest BCUT2D eigenvalue weighted by Crippen LogP contribution is 2.25. The largest absolute Gasteiger partial charge is 0.497 e. The van der Waals surface area contributed by atoms with Crippen molar-refractivity contribution in [1.29, 1.82) is 5.26 Å². The van der Waals surface area contributed by atoms with Crippen molar-refractivity contribution in [3.63, 3.8) is 0 Å². The summed E-state index contributed by atoms with van der Waals surface area (Å²) in [7, 11) is 1.64. The Morgan fingerprint density at radius 1 is 1.21 bits per heavy atom. The van der Waals surface area contributed by atoms with Crippen molar-refractivity contribution in [3.8, 4) is 11.8 Å². The van der Waals surface area contributed by atoms with Crippen LogP contribution >= 0.6 is 0 Å². The number of rotatable bonds is 7. The number of benzene rings is 1. The molecular weight excluding hydrogens is 496 g/mol. The SMILES string of the molecule is COc1ccc(N2CCN(c3nc4c(C)cccn4c(=O)c3C=C(C#N)C(=O)NCC3CCCO3)CC2)cc1. The maximum absolute atomic E-state index is 13.7. The molecule has 0 aliphatic carbocycles. The van der Waals surface area contributed by atoms with E-state index in [9.17, 15) is 14.9 Å². The zero-order valence-electron chi connectivity index (χ0n) is 22.2. The average Bonchev–Trinajstić information content (AvgIpc) is 3.50. The quantitative estimate of drug-likeness (QED) is 0.368. The Hall–Kier alpha value is -4.36. The lowest BCUT2D eigenvalue weighted by Gasteiger charge is -2.37. The maximum Gasteiger partial charge on any atom is 0.267 e. The van der Waals surface area contributed by atoms with Crippen molar-refractivity contribution in [3.05, 3.63) is 69.6 Å². The normalized spacial score (nSPS) is 17.8. The molecule has 0 spiro atoms. The lowest BCUT2D eigenvalue weighted by molar-refractivity contribution is -0.117. The highest BCUT2D eigenvalue weighted by Gasteiger charge is 2.25. The number of aromatic nitrogens is 2. The van der Waals surface area contributed by atoms with Crippen LogP contribution in [0.2, 0.25) is 0 Å². The first kappa shape index (κ1) is 26.3. The standard InChI is InChI=1S/C29H32N6O4/c1-20-5-3-11-35-26(20)32-27(34-14-12-33(13-15-34)22-7-9-23(38-2)10-8-22)25(29(35)37)17-21(18-30)28(36)31-19-24-6-4-16-39-24/h3,5,7-11,17,24H,4,6,12-16,19H2,1-2H3,(H,31,36). The third-order valence-electron chi connectivity index (χ3n) is 7.25. The van der Waals surface area contributed by atoms with Gasteiger partial charge in [-0.25, -0.2) is 4.98 Å². The molecule has 5 rings (SSSR count). The van der Waals surface area contributed by atoms with Gasteiger partial charge in [0.1, 0.15) is 28.9 Å². The zero-order chi connectivity index (χ0) is 27.4. The first-order valence-electron chi connectivity index (χ1n) is 13.2. The van der Waals surface area contributed by atoms with Gasteiger partial charge in [-0.2, -0.15) is 5.26 Å². The van der Waals surface area contributed by atoms with Gasteiger partial charge in [0.2, 0.25) is 0 Å². The van der Waals surface area contributed by atoms with E-state index in [1.165, 1.54) is 10.5 Å². The van der Waals surface area contributed by atoms with Gasteiger partial charge in [0.25, 0.3) is 11.5 Å². The second kappa shape index (κ2) is 11.6. The van der Waals surface area contributed by atoms with Gasteiger partial charge in [0, 0.05) is 51.2 Å². The molecule has 1 atom stereocenters. The Bertz CT molecular complexity index is 1480. The fourth-order valence-corrected chi connectivity index (χ4v) is 5.04. The average molecular weight is 529 g/mol. The summed E-state index contributed by atoms with van der Waals surface area (Å²) in [5, 5.41) is 12.6. The molecule has 3 aromatic rings. The number of ether oxygens (including phenoxy) is 2. The highest BCUT2D eigenvalue weighted by atomic mass is 16.5. The van der Waals surface area contributed by atoms with Crippen molar-refractivity contribution in [1.82, 2.24) is 14.7 Å². The van der Waals surface area contributed by atoms with Crippen molar-refractivity contribution in [2.75, 3.05) is 56.2 Å². The second-order valence-corrected chi connectivity index (χ2v) is 9.73. The van der Waals surface area contributed by atoms with Crippen LogP contribution < -0.4 is 25.4 Å². The van der Waals surface area contributed by atoms with Crippen LogP contribution in [0.4, 0.5) is 11.5 Å². The number of aryl methyl sites for hydroxylation is 1. The number of nitrogens with one attached hydrogen (secondary N) is 1. The smallest absolute Gasteiger partial charge is 0.267 e. The second-order valence-electron chi connectivity index (χ2n) is 9.73. The molecule has 1 amide bonds. The number of fused-ring (bicyclic) bond motifs is 1. The molecule has 2 fully saturated rings. The predicted molar refractivity (Wildman–Crippen MR) is 149 cm³/mol. The number of pyridine rings is 1. The monoisotopic (exact) mass is 528 g/mol. The van der Waals surface area contributed by atoms with Crippen molar-refractivity contribution in [2.45, 2.75) is 25.9 Å². The molecule has 2 aliphatic heterocycles. The van der Waals surface area contributed by atoms with E-state index >= 15 is 0 Å². The maximum atomic E-state index is 13.7. The van der Waals surface area contributed by atoms with Gasteiger partial charge in [0.05, 0.1) is 18.8 Å². The van der Waals surface area contributed by atoms with E-state index in [1.54, 1.807) is 19.4 Å². The van der Waals surface area contributed by atoms with Crippen LogP contribution in [0.3, 0.4) is 0 Å². The number of amides is 1. The van der Waals surface area contributed by atoms with E-state index in [2.05, 4.69) is 15.1 Å². The summed E-state index contributed by atoms with van der Waals surface area (Å²) < 4.78 is 12.3. The van der Waals surface area contributed by atoms with Gasteiger partial charge < -0.3 is 24.6 Å². The summed E-state index contributed by atoms with van der Waals surface area (Å²) in [6.45, 7) is 5.58. The Morgan fingerprint density at radius 3 is 2.62 bits per heavy atom. The van der Waals surface area contributed by atoms with Crippen LogP contribution in [-0.4, -0.2) is 67.8 Å². The van der Waals surface area contributed by atoms with Crippen LogP contribution in [0, 0.1) is 18.3 Å². The number of methoxy groups -OCH3 is 1. The number of nitriles is 1.